The molecule has 1 heterocycles. The standard InChI is InChI=1S/C6H8O3/c7-3-1-5-2-4-9-6(5)8/h2,7H,1,3-4H2. The van der Waals surface area contributed by atoms with Crippen LogP contribution >= 0.6 is 0 Å². The van der Waals surface area contributed by atoms with E-state index in [9.17, 15) is 4.79 Å². The molecule has 3 nitrogen and oxygen atoms in total. The molecule has 0 aliphatic carbocycles. The van der Waals surface area contributed by atoms with Crippen LogP contribution in [0, 0.1) is 0 Å². The van der Waals surface area contributed by atoms with Crippen LogP contribution in [0.4, 0.5) is 0 Å². The number of carbonyl (C=O) groups is 1. The third-order valence-corrected chi connectivity index (χ3v) is 1.19. The molecule has 1 rings (SSSR count). The van der Waals surface area contributed by atoms with Gasteiger partial charge in [0.05, 0.1) is 0 Å². The Bertz CT molecular complexity index is 148. The van der Waals surface area contributed by atoms with E-state index in [0.29, 0.717) is 18.6 Å². The van der Waals surface area contributed by atoms with Gasteiger partial charge in [0, 0.05) is 18.6 Å². The van der Waals surface area contributed by atoms with Crippen LogP contribution in [0.25, 0.3) is 0 Å². The second-order valence-electron chi connectivity index (χ2n) is 1.80. The Balaban J connectivity index is 2.47. The van der Waals surface area contributed by atoms with Crippen molar-refractivity contribution in [1.29, 1.82) is 0 Å². The van der Waals surface area contributed by atoms with Crippen LogP contribution in [-0.2, 0) is 9.53 Å². The summed E-state index contributed by atoms with van der Waals surface area (Å²) in [5, 5.41) is 8.40. The Hall–Kier alpha value is -0.830. The minimum atomic E-state index is -0.288. The van der Waals surface area contributed by atoms with Gasteiger partial charge < -0.3 is 9.84 Å². The predicted octanol–water partition coefficient (Wildman–Crippen LogP) is -0.148. The first kappa shape index (κ1) is 6.29. The fourth-order valence-corrected chi connectivity index (χ4v) is 0.719. The van der Waals surface area contributed by atoms with Crippen molar-refractivity contribution >= 4 is 5.97 Å². The van der Waals surface area contributed by atoms with Gasteiger partial charge in [-0.3, -0.25) is 0 Å². The van der Waals surface area contributed by atoms with Crippen molar-refractivity contribution in [3.05, 3.63) is 11.6 Å². The maximum absolute atomic E-state index is 10.6. The highest BCUT2D eigenvalue weighted by Crippen LogP contribution is 2.09. The highest BCUT2D eigenvalue weighted by molar-refractivity contribution is 5.90. The van der Waals surface area contributed by atoms with Crippen molar-refractivity contribution in [3.63, 3.8) is 0 Å². The lowest BCUT2D eigenvalue weighted by molar-refractivity contribution is -0.136. The van der Waals surface area contributed by atoms with Crippen LogP contribution in [-0.4, -0.2) is 24.3 Å². The van der Waals surface area contributed by atoms with E-state index >= 15 is 0 Å². The second kappa shape index (κ2) is 2.64. The molecule has 0 radical (unpaired) electrons. The molecule has 1 aliphatic rings. The molecule has 0 amide bonds. The topological polar surface area (TPSA) is 46.5 Å². The SMILES string of the molecule is O=C1OCC=C1CCO. The molecule has 1 aliphatic heterocycles. The third-order valence-electron chi connectivity index (χ3n) is 1.19. The van der Waals surface area contributed by atoms with E-state index in [1.165, 1.54) is 0 Å². The molecule has 0 atom stereocenters. The average Bonchev–Trinajstić information content (AvgIpc) is 2.18. The van der Waals surface area contributed by atoms with Crippen LogP contribution < -0.4 is 0 Å². The molecular formula is C6H8O3. The third kappa shape index (κ3) is 1.29. The molecule has 1 N–H and O–H groups in total. The minimum absolute atomic E-state index is 0.0148. The van der Waals surface area contributed by atoms with E-state index in [0.717, 1.165) is 0 Å². The number of rotatable bonds is 2. The van der Waals surface area contributed by atoms with Crippen LogP contribution in [0.5, 0.6) is 0 Å². The van der Waals surface area contributed by atoms with Crippen molar-refractivity contribution in [3.8, 4) is 0 Å². The van der Waals surface area contributed by atoms with Gasteiger partial charge in [0.25, 0.3) is 0 Å². The number of hydrogen-bond acceptors (Lipinski definition) is 3. The molecule has 0 aromatic heterocycles. The fourth-order valence-electron chi connectivity index (χ4n) is 0.719. The van der Waals surface area contributed by atoms with Gasteiger partial charge in [-0.25, -0.2) is 4.79 Å². The molecule has 0 aromatic rings. The zero-order chi connectivity index (χ0) is 6.69. The number of aliphatic hydroxyl groups excluding tert-OH is 1. The predicted molar refractivity (Wildman–Crippen MR) is 30.7 cm³/mol. The van der Waals surface area contributed by atoms with Crippen molar-refractivity contribution < 1.29 is 14.6 Å². The second-order valence-corrected chi connectivity index (χ2v) is 1.80. The van der Waals surface area contributed by atoms with Gasteiger partial charge in [0.15, 0.2) is 0 Å². The molecule has 50 valence electrons. The first-order valence-corrected chi connectivity index (χ1v) is 2.81. The van der Waals surface area contributed by atoms with Crippen LogP contribution in [0.15, 0.2) is 11.6 Å². The summed E-state index contributed by atoms with van der Waals surface area (Å²) in [6.07, 6.45) is 2.11. The van der Waals surface area contributed by atoms with E-state index in [4.69, 9.17) is 5.11 Å². The van der Waals surface area contributed by atoms with Crippen LogP contribution in [0.3, 0.4) is 0 Å². The highest BCUT2D eigenvalue weighted by atomic mass is 16.5. The van der Waals surface area contributed by atoms with E-state index in [-0.39, 0.29) is 12.6 Å². The lowest BCUT2D eigenvalue weighted by atomic mass is 10.2. The summed E-state index contributed by atoms with van der Waals surface area (Å²) in [4.78, 5) is 10.6. The van der Waals surface area contributed by atoms with Crippen LogP contribution in [0.1, 0.15) is 6.42 Å². The van der Waals surface area contributed by atoms with Gasteiger partial charge in [-0.15, -0.1) is 0 Å². The molecule has 0 saturated heterocycles. The Morgan fingerprint density at radius 2 is 2.56 bits per heavy atom. The zero-order valence-electron chi connectivity index (χ0n) is 4.96. The molecular weight excluding hydrogens is 120 g/mol. The Morgan fingerprint density at radius 1 is 1.78 bits per heavy atom. The number of cyclic esters (lactones) is 1. The normalized spacial score (nSPS) is 17.4. The van der Waals surface area contributed by atoms with E-state index < -0.39 is 0 Å². The maximum Gasteiger partial charge on any atom is 0.334 e. The number of esters is 1. The highest BCUT2D eigenvalue weighted by Gasteiger charge is 2.14. The summed E-state index contributed by atoms with van der Waals surface area (Å²) in [5.41, 5.74) is 0.595. The lowest BCUT2D eigenvalue weighted by Gasteiger charge is -1.92. The van der Waals surface area contributed by atoms with Gasteiger partial charge in [0.1, 0.15) is 6.61 Å². The van der Waals surface area contributed by atoms with Gasteiger partial charge in [-0.1, -0.05) is 0 Å². The first-order valence-electron chi connectivity index (χ1n) is 2.81. The summed E-state index contributed by atoms with van der Waals surface area (Å²) in [6.45, 7) is 0.384. The lowest BCUT2D eigenvalue weighted by Crippen LogP contribution is -2.00. The summed E-state index contributed by atoms with van der Waals surface area (Å²) in [5.74, 6) is -0.288. The smallest absolute Gasteiger partial charge is 0.334 e. The average molecular weight is 128 g/mol. The van der Waals surface area contributed by atoms with E-state index in [2.05, 4.69) is 4.74 Å². The molecule has 0 aromatic carbocycles. The number of hydrogen-bond donors (Lipinski definition) is 1. The zero-order valence-corrected chi connectivity index (χ0v) is 4.96. The fraction of sp³-hybridized carbons (Fsp3) is 0.500. The summed E-state index contributed by atoms with van der Waals surface area (Å²) in [7, 11) is 0. The summed E-state index contributed by atoms with van der Waals surface area (Å²) < 4.78 is 4.58. The number of ether oxygens (including phenoxy) is 1. The van der Waals surface area contributed by atoms with Crippen molar-refractivity contribution in [1.82, 2.24) is 0 Å². The van der Waals surface area contributed by atoms with E-state index in [1.807, 2.05) is 0 Å². The summed E-state index contributed by atoms with van der Waals surface area (Å²) in [6, 6.07) is 0. The molecule has 0 bridgehead atoms. The molecule has 0 saturated carbocycles. The molecule has 3 heteroatoms. The van der Waals surface area contributed by atoms with Crippen molar-refractivity contribution in [2.24, 2.45) is 0 Å². The van der Waals surface area contributed by atoms with Crippen molar-refractivity contribution in [2.45, 2.75) is 6.42 Å². The Labute approximate surface area is 52.9 Å². The number of carbonyl (C=O) groups excluding carboxylic acids is 1. The van der Waals surface area contributed by atoms with Gasteiger partial charge in [-0.2, -0.15) is 0 Å². The minimum Gasteiger partial charge on any atom is -0.458 e. The van der Waals surface area contributed by atoms with Crippen LogP contribution in [0.2, 0.25) is 0 Å². The monoisotopic (exact) mass is 128 g/mol. The van der Waals surface area contributed by atoms with Crippen molar-refractivity contribution in [2.75, 3.05) is 13.2 Å². The maximum atomic E-state index is 10.6. The van der Waals surface area contributed by atoms with Gasteiger partial charge >= 0.3 is 5.97 Å². The first-order chi connectivity index (χ1) is 4.34. The largest absolute Gasteiger partial charge is 0.458 e. The Morgan fingerprint density at radius 3 is 3.00 bits per heavy atom. The quantitative estimate of drug-likeness (QED) is 0.526. The summed E-state index contributed by atoms with van der Waals surface area (Å²) >= 11 is 0. The number of aliphatic hydroxyl groups is 1. The van der Waals surface area contributed by atoms with Gasteiger partial charge in [0.2, 0.25) is 0 Å². The van der Waals surface area contributed by atoms with Gasteiger partial charge in [-0.05, 0) is 6.08 Å². The Kier molecular flexibility index (Phi) is 1.85. The molecule has 9 heavy (non-hydrogen) atoms. The molecule has 0 fully saturated rings. The van der Waals surface area contributed by atoms with E-state index in [1.54, 1.807) is 6.08 Å². The molecule has 0 spiro atoms. The molecule has 0 unspecified atom stereocenters.